The molecule has 0 spiro atoms. The van der Waals surface area contributed by atoms with Crippen molar-refractivity contribution in [2.45, 2.75) is 12.5 Å². The number of rotatable bonds is 8. The maximum atomic E-state index is 13.5. The molecule has 7 nitrogen and oxygen atoms in total. The summed E-state index contributed by atoms with van der Waals surface area (Å²) in [4.78, 5) is 15.5. The van der Waals surface area contributed by atoms with E-state index in [2.05, 4.69) is 0 Å². The van der Waals surface area contributed by atoms with E-state index >= 15 is 0 Å². The average Bonchev–Trinajstić information content (AvgIpc) is 3.34. The number of benzene rings is 3. The zero-order chi connectivity index (χ0) is 24.1. The highest BCUT2D eigenvalue weighted by molar-refractivity contribution is 6.03. The minimum Gasteiger partial charge on any atom is -0.497 e. The van der Waals surface area contributed by atoms with Crippen molar-refractivity contribution in [2.75, 3.05) is 39.8 Å². The van der Waals surface area contributed by atoms with Gasteiger partial charge in [-0.3, -0.25) is 4.79 Å². The molecule has 3 aromatic rings. The van der Waals surface area contributed by atoms with Gasteiger partial charge in [-0.05, 0) is 42.5 Å². The highest BCUT2D eigenvalue weighted by Gasteiger charge is 2.35. The summed E-state index contributed by atoms with van der Waals surface area (Å²) in [6.07, 6.45) is 0.539. The summed E-state index contributed by atoms with van der Waals surface area (Å²) in [6, 6.07) is 22.8. The highest BCUT2D eigenvalue weighted by Crippen LogP contribution is 2.39. The number of methoxy groups -OCH3 is 3. The molecule has 1 unspecified atom stereocenters. The molecule has 1 amide bonds. The van der Waals surface area contributed by atoms with Crippen LogP contribution in [0.3, 0.4) is 0 Å². The molecular weight excluding hydrogens is 430 g/mol. The van der Waals surface area contributed by atoms with Crippen LogP contribution in [0.25, 0.3) is 0 Å². The van der Waals surface area contributed by atoms with E-state index in [0.29, 0.717) is 17.9 Å². The number of carbonyl (C=O) groups is 1. The Morgan fingerprint density at radius 1 is 0.941 bits per heavy atom. The first-order chi connectivity index (χ1) is 16.5. The van der Waals surface area contributed by atoms with Gasteiger partial charge in [0.2, 0.25) is 0 Å². The molecule has 0 saturated carbocycles. The number of nitrogens with zero attached hydrogens (tertiary/aromatic N) is 3. The lowest BCUT2D eigenvalue weighted by atomic mass is 9.97. The first-order valence-electron chi connectivity index (χ1n) is 11.1. The lowest BCUT2D eigenvalue weighted by Gasteiger charge is -2.26. The molecule has 176 valence electrons. The van der Waals surface area contributed by atoms with E-state index in [4.69, 9.17) is 19.3 Å². The van der Waals surface area contributed by atoms with E-state index in [0.717, 1.165) is 28.3 Å². The SMILES string of the molecule is COc1cccc(C2=NN(C(=O)CN(C)c3ccccc3)C(c3cc(OC)ccc3OC)C2)c1. The van der Waals surface area contributed by atoms with Crippen molar-refractivity contribution in [1.29, 1.82) is 0 Å². The van der Waals surface area contributed by atoms with Crippen molar-refractivity contribution in [3.8, 4) is 17.2 Å². The van der Waals surface area contributed by atoms with Crippen LogP contribution in [0.4, 0.5) is 5.69 Å². The summed E-state index contributed by atoms with van der Waals surface area (Å²) in [5.74, 6) is 2.00. The van der Waals surface area contributed by atoms with Gasteiger partial charge in [0.1, 0.15) is 17.2 Å². The molecule has 1 aliphatic heterocycles. The van der Waals surface area contributed by atoms with Gasteiger partial charge in [-0.25, -0.2) is 5.01 Å². The second-order valence-electron chi connectivity index (χ2n) is 8.04. The number of hydrogen-bond acceptors (Lipinski definition) is 6. The largest absolute Gasteiger partial charge is 0.497 e. The number of likely N-dealkylation sites (N-methyl/N-ethyl adjacent to an activating group) is 1. The number of carbonyl (C=O) groups excluding carboxylic acids is 1. The zero-order valence-corrected chi connectivity index (χ0v) is 19.9. The van der Waals surface area contributed by atoms with E-state index in [9.17, 15) is 4.79 Å². The van der Waals surface area contributed by atoms with Crippen molar-refractivity contribution >= 4 is 17.3 Å². The smallest absolute Gasteiger partial charge is 0.262 e. The molecule has 0 fully saturated rings. The van der Waals surface area contributed by atoms with Gasteiger partial charge in [-0.2, -0.15) is 5.10 Å². The van der Waals surface area contributed by atoms with Crippen LogP contribution in [-0.4, -0.2) is 51.5 Å². The predicted octanol–water partition coefficient (Wildman–Crippen LogP) is 4.53. The van der Waals surface area contributed by atoms with Crippen LogP contribution in [0.2, 0.25) is 0 Å². The minimum absolute atomic E-state index is 0.112. The van der Waals surface area contributed by atoms with Crippen LogP contribution in [0.1, 0.15) is 23.6 Å². The van der Waals surface area contributed by atoms with Crippen molar-refractivity contribution in [2.24, 2.45) is 5.10 Å². The van der Waals surface area contributed by atoms with Gasteiger partial charge >= 0.3 is 0 Å². The first-order valence-corrected chi connectivity index (χ1v) is 11.1. The van der Waals surface area contributed by atoms with Crippen LogP contribution in [0.15, 0.2) is 77.9 Å². The number of anilines is 1. The van der Waals surface area contributed by atoms with Gasteiger partial charge < -0.3 is 19.1 Å². The predicted molar refractivity (Wildman–Crippen MR) is 133 cm³/mol. The summed E-state index contributed by atoms with van der Waals surface area (Å²) < 4.78 is 16.5. The maximum absolute atomic E-state index is 13.5. The molecule has 0 aromatic heterocycles. The Hall–Kier alpha value is -4.00. The number of para-hydroxylation sites is 1. The van der Waals surface area contributed by atoms with Crippen molar-refractivity contribution in [1.82, 2.24) is 5.01 Å². The summed E-state index contributed by atoms with van der Waals surface area (Å²) >= 11 is 0. The number of hydrogen-bond donors (Lipinski definition) is 0. The molecule has 0 radical (unpaired) electrons. The molecule has 34 heavy (non-hydrogen) atoms. The quantitative estimate of drug-likeness (QED) is 0.495. The normalized spacial score (nSPS) is 15.0. The third kappa shape index (κ3) is 4.83. The third-order valence-corrected chi connectivity index (χ3v) is 5.93. The van der Waals surface area contributed by atoms with E-state index in [1.807, 2.05) is 84.7 Å². The summed E-state index contributed by atoms with van der Waals surface area (Å²) in [7, 11) is 6.78. The average molecular weight is 460 g/mol. The second-order valence-corrected chi connectivity index (χ2v) is 8.04. The first kappa shape index (κ1) is 23.2. The van der Waals surface area contributed by atoms with Gasteiger partial charge in [0.05, 0.1) is 39.6 Å². The van der Waals surface area contributed by atoms with Gasteiger partial charge in [0.25, 0.3) is 5.91 Å². The Morgan fingerprint density at radius 2 is 1.68 bits per heavy atom. The van der Waals surface area contributed by atoms with Crippen LogP contribution in [0.5, 0.6) is 17.2 Å². The van der Waals surface area contributed by atoms with Crippen molar-refractivity contribution < 1.29 is 19.0 Å². The molecule has 0 aliphatic carbocycles. The minimum atomic E-state index is -0.331. The Bertz CT molecular complexity index is 1180. The fraction of sp³-hybridized carbons (Fsp3) is 0.259. The fourth-order valence-corrected chi connectivity index (χ4v) is 4.11. The van der Waals surface area contributed by atoms with Gasteiger partial charge in [0.15, 0.2) is 0 Å². The third-order valence-electron chi connectivity index (χ3n) is 5.93. The second kappa shape index (κ2) is 10.3. The molecule has 0 saturated heterocycles. The van der Waals surface area contributed by atoms with Crippen LogP contribution < -0.4 is 19.1 Å². The van der Waals surface area contributed by atoms with Crippen molar-refractivity contribution in [3.63, 3.8) is 0 Å². The van der Waals surface area contributed by atoms with Crippen LogP contribution in [-0.2, 0) is 4.79 Å². The monoisotopic (exact) mass is 459 g/mol. The van der Waals surface area contributed by atoms with Gasteiger partial charge in [-0.1, -0.05) is 30.3 Å². The fourth-order valence-electron chi connectivity index (χ4n) is 4.11. The van der Waals surface area contributed by atoms with E-state index < -0.39 is 0 Å². The molecule has 1 atom stereocenters. The molecule has 3 aromatic carbocycles. The Morgan fingerprint density at radius 3 is 2.38 bits per heavy atom. The lowest BCUT2D eigenvalue weighted by molar-refractivity contribution is -0.131. The summed E-state index contributed by atoms with van der Waals surface area (Å²) in [5, 5.41) is 6.37. The van der Waals surface area contributed by atoms with Gasteiger partial charge in [-0.15, -0.1) is 0 Å². The number of ether oxygens (including phenoxy) is 3. The number of amides is 1. The van der Waals surface area contributed by atoms with Gasteiger partial charge in [0, 0.05) is 30.3 Å². The Kier molecular flexibility index (Phi) is 7.01. The molecule has 4 rings (SSSR count). The number of hydrazone groups is 1. The summed E-state index contributed by atoms with van der Waals surface area (Å²) in [6.45, 7) is 0.182. The van der Waals surface area contributed by atoms with Crippen LogP contribution >= 0.6 is 0 Å². The Labute approximate surface area is 200 Å². The molecule has 1 aliphatic rings. The zero-order valence-electron chi connectivity index (χ0n) is 19.9. The molecule has 0 bridgehead atoms. The maximum Gasteiger partial charge on any atom is 0.262 e. The van der Waals surface area contributed by atoms with Crippen LogP contribution in [0, 0.1) is 0 Å². The molecule has 1 heterocycles. The Balaban J connectivity index is 1.70. The molecular formula is C27H29N3O4. The molecule has 7 heteroatoms. The van der Waals surface area contributed by atoms with E-state index in [-0.39, 0.29) is 18.5 Å². The van der Waals surface area contributed by atoms with E-state index in [1.165, 1.54) is 0 Å². The molecule has 0 N–H and O–H groups in total. The summed E-state index contributed by atoms with van der Waals surface area (Å²) in [5.41, 5.74) is 3.53. The topological polar surface area (TPSA) is 63.6 Å². The van der Waals surface area contributed by atoms with Crippen molar-refractivity contribution in [3.05, 3.63) is 83.9 Å². The standard InChI is InChI=1S/C27H29N3O4/c1-29(20-10-6-5-7-11-20)18-27(31)30-25(23-16-22(33-3)13-14-26(23)34-4)17-24(28-30)19-9-8-12-21(15-19)32-2/h5-16,25H,17-18H2,1-4H3. The lowest BCUT2D eigenvalue weighted by Crippen LogP contribution is -2.36. The highest BCUT2D eigenvalue weighted by atomic mass is 16.5. The van der Waals surface area contributed by atoms with E-state index in [1.54, 1.807) is 26.3 Å².